The third-order valence-corrected chi connectivity index (χ3v) is 5.11. The summed E-state index contributed by atoms with van der Waals surface area (Å²) in [6.07, 6.45) is 4.61. The fraction of sp³-hybridized carbons (Fsp3) is 0.350. The van der Waals surface area contributed by atoms with E-state index in [1.807, 2.05) is 19.1 Å². The fourth-order valence-corrected chi connectivity index (χ4v) is 3.83. The summed E-state index contributed by atoms with van der Waals surface area (Å²) in [6.45, 7) is 9.36. The van der Waals surface area contributed by atoms with Crippen molar-refractivity contribution in [1.29, 1.82) is 0 Å². The van der Waals surface area contributed by atoms with Crippen molar-refractivity contribution < 1.29 is 14.4 Å². The topological polar surface area (TPSA) is 78.5 Å². The first-order valence-corrected chi connectivity index (χ1v) is 9.21. The average Bonchev–Trinajstić information content (AvgIpc) is 2.55. The van der Waals surface area contributed by atoms with Gasteiger partial charge in [0.1, 0.15) is 5.57 Å². The molecule has 4 amide bonds. The summed E-state index contributed by atoms with van der Waals surface area (Å²) >= 11 is 6.49. The van der Waals surface area contributed by atoms with E-state index in [4.69, 9.17) is 11.6 Å². The highest BCUT2D eigenvalue weighted by Crippen LogP contribution is 2.41. The molecule has 1 aromatic carbocycles. The molecule has 2 aliphatic rings. The first kappa shape index (κ1) is 19.2. The number of carbonyl (C=O) groups is 3. The largest absolute Gasteiger partial charge is 0.362 e. The monoisotopic (exact) mass is 387 g/mol. The van der Waals surface area contributed by atoms with Crippen molar-refractivity contribution in [2.75, 3.05) is 11.4 Å². The molecular weight excluding hydrogens is 366 g/mol. The average molecular weight is 388 g/mol. The molecule has 142 valence electrons. The van der Waals surface area contributed by atoms with E-state index in [-0.39, 0.29) is 11.1 Å². The Morgan fingerprint density at radius 2 is 1.78 bits per heavy atom. The van der Waals surface area contributed by atoms with Gasteiger partial charge in [0, 0.05) is 22.8 Å². The Kier molecular flexibility index (Phi) is 4.86. The van der Waals surface area contributed by atoms with Crippen molar-refractivity contribution in [2.24, 2.45) is 0 Å². The molecule has 1 saturated heterocycles. The van der Waals surface area contributed by atoms with Gasteiger partial charge in [-0.2, -0.15) is 0 Å². The van der Waals surface area contributed by atoms with Crippen LogP contribution in [0.3, 0.4) is 0 Å². The molecule has 0 spiro atoms. The van der Waals surface area contributed by atoms with Crippen LogP contribution in [0.2, 0.25) is 5.02 Å². The first-order valence-electron chi connectivity index (χ1n) is 8.83. The lowest BCUT2D eigenvalue weighted by molar-refractivity contribution is -0.123. The van der Waals surface area contributed by atoms with Crippen LogP contribution in [0.1, 0.15) is 45.2 Å². The van der Waals surface area contributed by atoms with Crippen LogP contribution >= 0.6 is 11.6 Å². The van der Waals surface area contributed by atoms with E-state index >= 15 is 0 Å². The molecule has 27 heavy (non-hydrogen) atoms. The lowest BCUT2D eigenvalue weighted by atomic mass is 9.87. The Morgan fingerprint density at radius 1 is 1.15 bits per heavy atom. The number of hydrogen-bond donors (Lipinski definition) is 2. The van der Waals surface area contributed by atoms with Crippen molar-refractivity contribution in [3.63, 3.8) is 0 Å². The zero-order chi connectivity index (χ0) is 19.9. The summed E-state index contributed by atoms with van der Waals surface area (Å²) in [4.78, 5) is 37.5. The molecule has 0 atom stereocenters. The standard InChI is InChI=1S/C20H22ClN3O3/c1-5-6-24-16-9-15(21)12(7-13(16)11(2)10-20(24,3)4)8-14-17(25)22-19(27)23-18(14)26/h7-10H,5-6H2,1-4H3,(H2,22,23,25,26,27). The van der Waals surface area contributed by atoms with Crippen LogP contribution < -0.4 is 15.5 Å². The summed E-state index contributed by atoms with van der Waals surface area (Å²) in [6, 6.07) is 2.93. The first-order chi connectivity index (χ1) is 12.6. The van der Waals surface area contributed by atoms with Crippen LogP contribution in [0.25, 0.3) is 11.6 Å². The van der Waals surface area contributed by atoms with Gasteiger partial charge in [0.2, 0.25) is 0 Å². The van der Waals surface area contributed by atoms with Gasteiger partial charge in [-0.15, -0.1) is 0 Å². The second kappa shape index (κ2) is 6.85. The molecule has 3 rings (SSSR count). The van der Waals surface area contributed by atoms with E-state index in [1.54, 1.807) is 0 Å². The number of nitrogens with one attached hydrogen (secondary N) is 2. The van der Waals surface area contributed by atoms with E-state index in [2.05, 4.69) is 42.4 Å². The number of benzene rings is 1. The fourth-order valence-electron chi connectivity index (χ4n) is 3.62. The highest BCUT2D eigenvalue weighted by molar-refractivity contribution is 6.34. The van der Waals surface area contributed by atoms with Gasteiger partial charge >= 0.3 is 6.03 Å². The number of imide groups is 2. The number of fused-ring (bicyclic) bond motifs is 1. The smallest absolute Gasteiger partial charge is 0.328 e. The molecule has 0 aliphatic carbocycles. The van der Waals surface area contributed by atoms with Crippen molar-refractivity contribution in [2.45, 2.75) is 39.7 Å². The highest BCUT2D eigenvalue weighted by atomic mass is 35.5. The summed E-state index contributed by atoms with van der Waals surface area (Å²) < 4.78 is 0. The minimum Gasteiger partial charge on any atom is -0.362 e. The number of rotatable bonds is 3. The van der Waals surface area contributed by atoms with Gasteiger partial charge in [-0.3, -0.25) is 20.2 Å². The van der Waals surface area contributed by atoms with E-state index in [0.717, 1.165) is 29.8 Å². The van der Waals surface area contributed by atoms with Gasteiger partial charge < -0.3 is 4.90 Å². The van der Waals surface area contributed by atoms with E-state index in [9.17, 15) is 14.4 Å². The summed E-state index contributed by atoms with van der Waals surface area (Å²) in [5.41, 5.74) is 3.40. The number of allylic oxidation sites excluding steroid dienone is 1. The summed E-state index contributed by atoms with van der Waals surface area (Å²) in [5, 5.41) is 4.56. The lowest BCUT2D eigenvalue weighted by Gasteiger charge is -2.43. The van der Waals surface area contributed by atoms with Crippen molar-refractivity contribution in [3.8, 4) is 0 Å². The van der Waals surface area contributed by atoms with Crippen LogP contribution in [0.15, 0.2) is 23.8 Å². The van der Waals surface area contributed by atoms with Gasteiger partial charge in [0.25, 0.3) is 11.8 Å². The van der Waals surface area contributed by atoms with Crippen molar-refractivity contribution in [1.82, 2.24) is 10.6 Å². The second-order valence-electron chi connectivity index (χ2n) is 7.32. The van der Waals surface area contributed by atoms with E-state index < -0.39 is 17.8 Å². The van der Waals surface area contributed by atoms with E-state index in [0.29, 0.717) is 10.6 Å². The Hall–Kier alpha value is -2.60. The maximum Gasteiger partial charge on any atom is 0.328 e. The van der Waals surface area contributed by atoms with E-state index in [1.165, 1.54) is 6.08 Å². The summed E-state index contributed by atoms with van der Waals surface area (Å²) in [5.74, 6) is -1.47. The normalized spacial score (nSPS) is 18.6. The van der Waals surface area contributed by atoms with Crippen LogP contribution in [0.5, 0.6) is 0 Å². The number of halogens is 1. The minimum atomic E-state index is -0.824. The molecule has 1 fully saturated rings. The molecule has 0 bridgehead atoms. The maximum absolute atomic E-state index is 12.0. The molecule has 0 aromatic heterocycles. The minimum absolute atomic E-state index is 0.139. The Balaban J connectivity index is 2.11. The lowest BCUT2D eigenvalue weighted by Crippen LogP contribution is -2.51. The van der Waals surface area contributed by atoms with Crippen LogP contribution in [-0.2, 0) is 9.59 Å². The third-order valence-electron chi connectivity index (χ3n) is 4.79. The maximum atomic E-state index is 12.0. The van der Waals surface area contributed by atoms with Gasteiger partial charge in [0.05, 0.1) is 5.54 Å². The number of carbonyl (C=O) groups excluding carboxylic acids is 3. The van der Waals surface area contributed by atoms with Crippen molar-refractivity contribution >= 4 is 46.8 Å². The Labute approximate surface area is 163 Å². The molecule has 0 saturated carbocycles. The number of nitrogens with zero attached hydrogens (tertiary/aromatic N) is 1. The summed E-state index contributed by atoms with van der Waals surface area (Å²) in [7, 11) is 0. The van der Waals surface area contributed by atoms with Crippen LogP contribution in [0, 0.1) is 0 Å². The predicted octanol–water partition coefficient (Wildman–Crippen LogP) is 3.50. The van der Waals surface area contributed by atoms with Gasteiger partial charge in [-0.05, 0) is 56.5 Å². The quantitative estimate of drug-likeness (QED) is 0.614. The molecule has 2 heterocycles. The molecule has 2 aliphatic heterocycles. The number of hydrogen-bond acceptors (Lipinski definition) is 4. The van der Waals surface area contributed by atoms with Gasteiger partial charge in [0.15, 0.2) is 0 Å². The van der Waals surface area contributed by atoms with Crippen molar-refractivity contribution in [3.05, 3.63) is 39.9 Å². The molecule has 2 N–H and O–H groups in total. The number of urea groups is 1. The molecule has 6 nitrogen and oxygen atoms in total. The van der Waals surface area contributed by atoms with Gasteiger partial charge in [-0.25, -0.2) is 4.79 Å². The zero-order valence-corrected chi connectivity index (χ0v) is 16.5. The Morgan fingerprint density at radius 3 is 2.37 bits per heavy atom. The number of amides is 4. The molecule has 0 radical (unpaired) electrons. The van der Waals surface area contributed by atoms with Crippen LogP contribution in [0.4, 0.5) is 10.5 Å². The molecule has 7 heteroatoms. The molecule has 1 aromatic rings. The predicted molar refractivity (Wildman–Crippen MR) is 106 cm³/mol. The number of anilines is 1. The molecule has 0 unspecified atom stereocenters. The SMILES string of the molecule is CCCN1c2cc(Cl)c(C=C3C(=O)NC(=O)NC3=O)cc2C(C)=CC1(C)C. The molecular formula is C20H22ClN3O3. The Bertz CT molecular complexity index is 893. The van der Waals surface area contributed by atoms with Gasteiger partial charge in [-0.1, -0.05) is 24.6 Å². The zero-order valence-electron chi connectivity index (χ0n) is 15.8. The second-order valence-corrected chi connectivity index (χ2v) is 7.73. The van der Waals surface area contributed by atoms with Crippen LogP contribution in [-0.4, -0.2) is 29.9 Å². The highest BCUT2D eigenvalue weighted by Gasteiger charge is 2.32. The third kappa shape index (κ3) is 3.49. The number of barbiturate groups is 1.